The van der Waals surface area contributed by atoms with E-state index in [1.54, 1.807) is 18.2 Å². The summed E-state index contributed by atoms with van der Waals surface area (Å²) in [6.45, 7) is 0. The predicted octanol–water partition coefficient (Wildman–Crippen LogP) is 2.10. The van der Waals surface area contributed by atoms with Crippen LogP contribution in [0.1, 0.15) is 0 Å². The van der Waals surface area contributed by atoms with E-state index >= 15 is 0 Å². The fourth-order valence-corrected chi connectivity index (χ4v) is 0.942. The molecule has 0 aliphatic heterocycles. The van der Waals surface area contributed by atoms with E-state index in [0.717, 1.165) is 0 Å². The summed E-state index contributed by atoms with van der Waals surface area (Å²) in [5, 5.41) is 2.79. The smallest absolute Gasteiger partial charge is 0.190 e. The lowest BCUT2D eigenvalue weighted by atomic mass is 10.3. The van der Waals surface area contributed by atoms with Crippen LogP contribution < -0.4 is 9.47 Å². The largest absolute Gasteiger partial charge is 0.493 e. The Morgan fingerprint density at radius 2 is 2.00 bits per heavy atom. The van der Waals surface area contributed by atoms with E-state index in [0.29, 0.717) is 11.5 Å². The summed E-state index contributed by atoms with van der Waals surface area (Å²) in [5.41, 5.74) is 0.247. The second kappa shape index (κ2) is 3.71. The third kappa shape index (κ3) is 1.37. The number of para-hydroxylation sites is 1. The van der Waals surface area contributed by atoms with Crippen LogP contribution in [0.3, 0.4) is 0 Å². The van der Waals surface area contributed by atoms with Gasteiger partial charge in [0.25, 0.3) is 0 Å². The molecule has 0 atom stereocenters. The predicted molar refractivity (Wildman–Crippen MR) is 45.0 cm³/mol. The Balaban J connectivity index is 3.21. The highest BCUT2D eigenvalue weighted by Crippen LogP contribution is 2.36. The summed E-state index contributed by atoms with van der Waals surface area (Å²) in [4.78, 5) is 10.3. The molecule has 0 radical (unpaired) electrons. The molecule has 0 aliphatic carbocycles. The van der Waals surface area contributed by atoms with E-state index in [2.05, 4.69) is 5.18 Å². The van der Waals surface area contributed by atoms with E-state index in [1.165, 1.54) is 14.2 Å². The third-order valence-electron chi connectivity index (χ3n) is 1.48. The molecular weight excluding hydrogens is 158 g/mol. The fraction of sp³-hybridized carbons (Fsp3) is 0.250. The molecule has 0 aromatic heterocycles. The fourth-order valence-electron chi connectivity index (χ4n) is 0.942. The van der Waals surface area contributed by atoms with Gasteiger partial charge in [-0.05, 0) is 17.3 Å². The zero-order valence-corrected chi connectivity index (χ0v) is 6.90. The maximum Gasteiger partial charge on any atom is 0.190 e. The SMILES string of the molecule is COc1cccc(N=O)c1OC. The Labute approximate surface area is 70.1 Å². The number of ether oxygens (including phenoxy) is 2. The number of hydrogen-bond donors (Lipinski definition) is 0. The van der Waals surface area contributed by atoms with Crippen LogP contribution in [0.4, 0.5) is 5.69 Å². The van der Waals surface area contributed by atoms with Crippen molar-refractivity contribution in [3.8, 4) is 11.5 Å². The van der Waals surface area contributed by atoms with E-state index in [9.17, 15) is 4.91 Å². The number of methoxy groups -OCH3 is 2. The van der Waals surface area contributed by atoms with Gasteiger partial charge in [-0.1, -0.05) is 6.07 Å². The van der Waals surface area contributed by atoms with Crippen molar-refractivity contribution >= 4 is 5.69 Å². The highest BCUT2D eigenvalue weighted by atomic mass is 16.5. The Morgan fingerprint density at radius 3 is 2.50 bits per heavy atom. The molecule has 4 heteroatoms. The average Bonchev–Trinajstić information content (AvgIpc) is 2.16. The number of rotatable bonds is 3. The molecule has 0 fully saturated rings. The zero-order chi connectivity index (χ0) is 8.97. The lowest BCUT2D eigenvalue weighted by Gasteiger charge is -2.06. The van der Waals surface area contributed by atoms with Crippen molar-refractivity contribution in [3.05, 3.63) is 23.1 Å². The Bertz CT molecular complexity index is 286. The highest BCUT2D eigenvalue weighted by molar-refractivity contribution is 5.59. The van der Waals surface area contributed by atoms with Gasteiger partial charge in [0.15, 0.2) is 17.2 Å². The molecule has 1 rings (SSSR count). The van der Waals surface area contributed by atoms with Gasteiger partial charge in [-0.2, -0.15) is 0 Å². The van der Waals surface area contributed by atoms with Crippen LogP contribution in [-0.4, -0.2) is 14.2 Å². The van der Waals surface area contributed by atoms with Gasteiger partial charge in [0.2, 0.25) is 0 Å². The minimum Gasteiger partial charge on any atom is -0.493 e. The molecule has 0 bridgehead atoms. The van der Waals surface area contributed by atoms with Crippen molar-refractivity contribution < 1.29 is 9.47 Å². The Kier molecular flexibility index (Phi) is 2.63. The first kappa shape index (κ1) is 8.52. The molecule has 0 N–H and O–H groups in total. The van der Waals surface area contributed by atoms with E-state index in [-0.39, 0.29) is 5.69 Å². The Hall–Kier alpha value is -1.58. The Morgan fingerprint density at radius 1 is 1.25 bits per heavy atom. The molecule has 1 aromatic carbocycles. The van der Waals surface area contributed by atoms with Crippen molar-refractivity contribution in [1.82, 2.24) is 0 Å². The van der Waals surface area contributed by atoms with E-state index in [4.69, 9.17) is 9.47 Å². The van der Waals surface area contributed by atoms with E-state index in [1.807, 2.05) is 0 Å². The minimum absolute atomic E-state index is 0.247. The third-order valence-corrected chi connectivity index (χ3v) is 1.48. The average molecular weight is 167 g/mol. The van der Waals surface area contributed by atoms with Crippen molar-refractivity contribution in [1.29, 1.82) is 0 Å². The molecule has 0 saturated carbocycles. The van der Waals surface area contributed by atoms with Crippen LogP contribution in [0.15, 0.2) is 23.4 Å². The van der Waals surface area contributed by atoms with Gasteiger partial charge in [0.05, 0.1) is 14.2 Å². The maximum atomic E-state index is 10.3. The van der Waals surface area contributed by atoms with Crippen LogP contribution in [-0.2, 0) is 0 Å². The van der Waals surface area contributed by atoms with Gasteiger partial charge < -0.3 is 9.47 Å². The first-order valence-corrected chi connectivity index (χ1v) is 3.37. The molecule has 1 aromatic rings. The van der Waals surface area contributed by atoms with E-state index < -0.39 is 0 Å². The van der Waals surface area contributed by atoms with Crippen molar-refractivity contribution in [2.45, 2.75) is 0 Å². The van der Waals surface area contributed by atoms with Crippen LogP contribution in [0.25, 0.3) is 0 Å². The normalized spacial score (nSPS) is 9.17. The van der Waals surface area contributed by atoms with Crippen molar-refractivity contribution in [2.75, 3.05) is 14.2 Å². The molecule has 0 saturated heterocycles. The lowest BCUT2D eigenvalue weighted by Crippen LogP contribution is -1.89. The second-order valence-electron chi connectivity index (χ2n) is 2.10. The molecule has 0 spiro atoms. The summed E-state index contributed by atoms with van der Waals surface area (Å²) < 4.78 is 9.89. The number of nitrogens with zero attached hydrogens (tertiary/aromatic N) is 1. The number of nitroso groups, excluding NO2 is 1. The minimum atomic E-state index is 0.247. The summed E-state index contributed by atoms with van der Waals surface area (Å²) in [6, 6.07) is 4.94. The molecule has 0 amide bonds. The van der Waals surface area contributed by atoms with Gasteiger partial charge in [-0.3, -0.25) is 0 Å². The molecule has 0 unspecified atom stereocenters. The molecule has 0 heterocycles. The monoisotopic (exact) mass is 167 g/mol. The summed E-state index contributed by atoms with van der Waals surface area (Å²) in [7, 11) is 2.97. The lowest BCUT2D eigenvalue weighted by molar-refractivity contribution is 0.356. The summed E-state index contributed by atoms with van der Waals surface area (Å²) >= 11 is 0. The molecule has 12 heavy (non-hydrogen) atoms. The quantitative estimate of drug-likeness (QED) is 0.647. The summed E-state index contributed by atoms with van der Waals surface area (Å²) in [5.74, 6) is 0.879. The number of benzene rings is 1. The summed E-state index contributed by atoms with van der Waals surface area (Å²) in [6.07, 6.45) is 0. The molecule has 0 aliphatic rings. The van der Waals surface area contributed by atoms with Gasteiger partial charge in [-0.25, -0.2) is 0 Å². The topological polar surface area (TPSA) is 47.9 Å². The zero-order valence-electron chi connectivity index (χ0n) is 6.90. The first-order valence-electron chi connectivity index (χ1n) is 3.37. The van der Waals surface area contributed by atoms with Gasteiger partial charge in [-0.15, -0.1) is 4.91 Å². The van der Waals surface area contributed by atoms with Crippen LogP contribution in [0, 0.1) is 4.91 Å². The molecule has 4 nitrogen and oxygen atoms in total. The number of hydrogen-bond acceptors (Lipinski definition) is 4. The van der Waals surface area contributed by atoms with Gasteiger partial charge >= 0.3 is 0 Å². The standard InChI is InChI=1S/C8H9NO3/c1-11-7-5-3-4-6(9-10)8(7)12-2/h3-5H,1-2H3. The molecular formula is C8H9NO3. The first-order chi connectivity index (χ1) is 5.83. The maximum absolute atomic E-state index is 10.3. The van der Waals surface area contributed by atoms with Gasteiger partial charge in [0, 0.05) is 0 Å². The highest BCUT2D eigenvalue weighted by Gasteiger charge is 2.08. The second-order valence-corrected chi connectivity index (χ2v) is 2.10. The molecule has 64 valence electrons. The van der Waals surface area contributed by atoms with Crippen molar-refractivity contribution in [3.63, 3.8) is 0 Å². The van der Waals surface area contributed by atoms with Crippen molar-refractivity contribution in [2.24, 2.45) is 5.18 Å². The van der Waals surface area contributed by atoms with Crippen LogP contribution in [0.5, 0.6) is 11.5 Å². The van der Waals surface area contributed by atoms with Crippen LogP contribution >= 0.6 is 0 Å². The van der Waals surface area contributed by atoms with Gasteiger partial charge in [0.1, 0.15) is 0 Å². The van der Waals surface area contributed by atoms with Crippen LogP contribution in [0.2, 0.25) is 0 Å².